The van der Waals surface area contributed by atoms with E-state index >= 15 is 0 Å². The molecule has 0 spiro atoms. The minimum absolute atomic E-state index is 0.135. The normalized spacial score (nSPS) is 13.4. The van der Waals surface area contributed by atoms with Gasteiger partial charge >= 0.3 is 11.9 Å². The zero-order valence-electron chi connectivity index (χ0n) is 20.1. The van der Waals surface area contributed by atoms with Crippen molar-refractivity contribution in [2.24, 2.45) is 11.8 Å². The van der Waals surface area contributed by atoms with Gasteiger partial charge in [0.05, 0.1) is 11.1 Å². The van der Waals surface area contributed by atoms with Gasteiger partial charge in [-0.25, -0.2) is 9.59 Å². The first-order chi connectivity index (χ1) is 14.2. The number of hydrogen-bond donors (Lipinski definition) is 0. The van der Waals surface area contributed by atoms with Gasteiger partial charge in [0.2, 0.25) is 0 Å². The topological polar surface area (TPSA) is 52.6 Å². The molecule has 4 heteroatoms. The lowest BCUT2D eigenvalue weighted by Gasteiger charge is -2.20. The Labute approximate surface area is 183 Å². The fourth-order valence-corrected chi connectivity index (χ4v) is 3.32. The van der Waals surface area contributed by atoms with Crippen LogP contribution in [0.25, 0.3) is 0 Å². The largest absolute Gasteiger partial charge is 0.459 e. The molecule has 0 aliphatic heterocycles. The molecule has 170 valence electrons. The Bertz CT molecular complexity index is 663. The fraction of sp³-hybridized carbons (Fsp3) is 0.692. The van der Waals surface area contributed by atoms with E-state index in [9.17, 15) is 9.59 Å². The molecule has 2 unspecified atom stereocenters. The molecule has 4 nitrogen and oxygen atoms in total. The Morgan fingerprint density at radius 1 is 0.733 bits per heavy atom. The Kier molecular flexibility index (Phi) is 11.8. The molecule has 1 aromatic rings. The lowest BCUT2D eigenvalue weighted by Crippen LogP contribution is -2.23. The predicted octanol–water partition coefficient (Wildman–Crippen LogP) is 6.99. The first-order valence-electron chi connectivity index (χ1n) is 11.8. The smallest absolute Gasteiger partial charge is 0.339 e. The third-order valence-corrected chi connectivity index (χ3v) is 5.52. The highest BCUT2D eigenvalue weighted by Gasteiger charge is 2.24. The van der Waals surface area contributed by atoms with Crippen LogP contribution in [0.4, 0.5) is 0 Å². The molecule has 0 saturated carbocycles. The molecule has 0 aromatic heterocycles. The summed E-state index contributed by atoms with van der Waals surface area (Å²) in [4.78, 5) is 25.9. The van der Waals surface area contributed by atoms with E-state index in [1.165, 1.54) is 0 Å². The maximum absolute atomic E-state index is 13.0. The van der Waals surface area contributed by atoms with Crippen LogP contribution in [-0.4, -0.2) is 24.1 Å². The maximum atomic E-state index is 13.0. The number of aryl methyl sites for hydroxylation is 1. The minimum Gasteiger partial charge on any atom is -0.459 e. The van der Waals surface area contributed by atoms with Gasteiger partial charge in [-0.1, -0.05) is 54.5 Å². The molecule has 30 heavy (non-hydrogen) atoms. The van der Waals surface area contributed by atoms with Crippen molar-refractivity contribution in [1.29, 1.82) is 0 Å². The van der Waals surface area contributed by atoms with Crippen molar-refractivity contribution in [2.45, 2.75) is 106 Å². The van der Waals surface area contributed by atoms with Crippen LogP contribution in [0.2, 0.25) is 0 Å². The van der Waals surface area contributed by atoms with Gasteiger partial charge in [-0.15, -0.1) is 0 Å². The maximum Gasteiger partial charge on any atom is 0.339 e. The number of esters is 2. The number of carbonyl (C=O) groups excluding carboxylic acids is 2. The van der Waals surface area contributed by atoms with Gasteiger partial charge in [-0.05, 0) is 74.5 Å². The zero-order chi connectivity index (χ0) is 22.7. The van der Waals surface area contributed by atoms with E-state index < -0.39 is 11.9 Å². The molecule has 0 N–H and O–H groups in total. The van der Waals surface area contributed by atoms with Crippen molar-refractivity contribution in [2.75, 3.05) is 0 Å². The SMILES string of the molecule is CCc1ccc(C(=O)OC(CC)CCC(C)C)c(C(=O)OC(CC)CCC(C)C)c1. The summed E-state index contributed by atoms with van der Waals surface area (Å²) in [5.74, 6) is 0.256. The monoisotopic (exact) mass is 418 g/mol. The number of ether oxygens (including phenoxy) is 2. The van der Waals surface area contributed by atoms with Gasteiger partial charge in [0.15, 0.2) is 0 Å². The van der Waals surface area contributed by atoms with E-state index in [0.717, 1.165) is 50.5 Å². The van der Waals surface area contributed by atoms with Gasteiger partial charge in [0.1, 0.15) is 12.2 Å². The molecule has 1 rings (SSSR count). The van der Waals surface area contributed by atoms with Crippen LogP contribution in [-0.2, 0) is 15.9 Å². The molecular formula is C26H42O4. The lowest BCUT2D eigenvalue weighted by molar-refractivity contribution is 0.0213. The predicted molar refractivity (Wildman–Crippen MR) is 123 cm³/mol. The standard InChI is InChI=1S/C26H42O4/c1-8-20-13-16-23(25(27)29-21(9-2)14-11-18(4)5)24(17-20)26(28)30-22(10-3)15-12-19(6)7/h13,16-19,21-22H,8-12,14-15H2,1-7H3. The Morgan fingerprint density at radius 2 is 1.20 bits per heavy atom. The fourth-order valence-electron chi connectivity index (χ4n) is 3.32. The second kappa shape index (κ2) is 13.5. The average Bonchev–Trinajstić information content (AvgIpc) is 2.72. The van der Waals surface area contributed by atoms with E-state index in [0.29, 0.717) is 23.0 Å². The summed E-state index contributed by atoms with van der Waals surface area (Å²) in [5.41, 5.74) is 1.63. The van der Waals surface area contributed by atoms with Crippen molar-refractivity contribution >= 4 is 11.9 Å². The highest BCUT2D eigenvalue weighted by Crippen LogP contribution is 2.21. The third kappa shape index (κ3) is 8.89. The van der Waals surface area contributed by atoms with Crippen LogP contribution in [0.15, 0.2) is 18.2 Å². The minimum atomic E-state index is -0.435. The van der Waals surface area contributed by atoms with E-state index in [1.54, 1.807) is 12.1 Å². The van der Waals surface area contributed by atoms with Gasteiger partial charge < -0.3 is 9.47 Å². The van der Waals surface area contributed by atoms with E-state index in [4.69, 9.17) is 9.47 Å². The van der Waals surface area contributed by atoms with Gasteiger partial charge in [0.25, 0.3) is 0 Å². The van der Waals surface area contributed by atoms with Crippen LogP contribution >= 0.6 is 0 Å². The van der Waals surface area contributed by atoms with Crippen LogP contribution < -0.4 is 0 Å². The van der Waals surface area contributed by atoms with Crippen LogP contribution in [0, 0.1) is 11.8 Å². The highest BCUT2D eigenvalue weighted by atomic mass is 16.5. The summed E-state index contributed by atoms with van der Waals surface area (Å²) < 4.78 is 11.6. The second-order valence-electron chi connectivity index (χ2n) is 9.05. The summed E-state index contributed by atoms with van der Waals surface area (Å²) in [6.07, 6.45) is 5.71. The molecule has 0 aliphatic rings. The summed E-state index contributed by atoms with van der Waals surface area (Å²) in [6, 6.07) is 5.38. The molecule has 0 saturated heterocycles. The van der Waals surface area contributed by atoms with E-state index in [-0.39, 0.29) is 12.2 Å². The lowest BCUT2D eigenvalue weighted by atomic mass is 10.0. The molecule has 2 atom stereocenters. The number of benzene rings is 1. The van der Waals surface area contributed by atoms with Crippen molar-refractivity contribution in [3.05, 3.63) is 34.9 Å². The molecule has 0 bridgehead atoms. The summed E-state index contributed by atoms with van der Waals surface area (Å²) in [6.45, 7) is 14.7. The van der Waals surface area contributed by atoms with Crippen molar-refractivity contribution < 1.29 is 19.1 Å². The number of rotatable bonds is 13. The first kappa shape index (κ1) is 26.2. The molecule has 1 aromatic carbocycles. The average molecular weight is 419 g/mol. The Morgan fingerprint density at radius 3 is 1.60 bits per heavy atom. The van der Waals surface area contributed by atoms with E-state index in [1.807, 2.05) is 26.8 Å². The molecule has 0 amide bonds. The molecular weight excluding hydrogens is 376 g/mol. The summed E-state index contributed by atoms with van der Waals surface area (Å²) >= 11 is 0. The van der Waals surface area contributed by atoms with E-state index in [2.05, 4.69) is 27.7 Å². The summed E-state index contributed by atoms with van der Waals surface area (Å²) in [5, 5.41) is 0. The van der Waals surface area contributed by atoms with Crippen molar-refractivity contribution in [3.63, 3.8) is 0 Å². The third-order valence-electron chi connectivity index (χ3n) is 5.52. The van der Waals surface area contributed by atoms with Crippen LogP contribution in [0.5, 0.6) is 0 Å². The van der Waals surface area contributed by atoms with Crippen molar-refractivity contribution in [1.82, 2.24) is 0 Å². The highest BCUT2D eigenvalue weighted by molar-refractivity contribution is 6.03. The first-order valence-corrected chi connectivity index (χ1v) is 11.8. The van der Waals surface area contributed by atoms with Gasteiger partial charge in [-0.3, -0.25) is 0 Å². The number of carbonyl (C=O) groups is 2. The number of hydrogen-bond acceptors (Lipinski definition) is 4. The van der Waals surface area contributed by atoms with Crippen molar-refractivity contribution in [3.8, 4) is 0 Å². The molecule has 0 heterocycles. The quantitative estimate of drug-likeness (QED) is 0.324. The Balaban J connectivity index is 3.01. The second-order valence-corrected chi connectivity index (χ2v) is 9.05. The molecule has 0 aliphatic carbocycles. The van der Waals surface area contributed by atoms with Gasteiger partial charge in [0, 0.05) is 0 Å². The summed E-state index contributed by atoms with van der Waals surface area (Å²) in [7, 11) is 0. The zero-order valence-corrected chi connectivity index (χ0v) is 20.1. The van der Waals surface area contributed by atoms with Crippen LogP contribution in [0.1, 0.15) is 113 Å². The molecule has 0 fully saturated rings. The van der Waals surface area contributed by atoms with Gasteiger partial charge in [-0.2, -0.15) is 0 Å². The molecule has 0 radical (unpaired) electrons. The Hall–Kier alpha value is -1.84. The van der Waals surface area contributed by atoms with Crippen LogP contribution in [0.3, 0.4) is 0 Å².